The van der Waals surface area contributed by atoms with E-state index in [1.165, 1.54) is 159 Å². The quantitative estimate of drug-likeness (QED) is 0.160. The van der Waals surface area contributed by atoms with Crippen molar-refractivity contribution >= 4 is 113 Å². The maximum atomic E-state index is 5.89. The van der Waals surface area contributed by atoms with Gasteiger partial charge in [0.2, 0.25) is 0 Å². The van der Waals surface area contributed by atoms with Crippen molar-refractivity contribution < 1.29 is 4.74 Å². The number of hydrogen-bond acceptors (Lipinski definition) is 9. The van der Waals surface area contributed by atoms with E-state index in [2.05, 4.69) is 283 Å². The fourth-order valence-electron chi connectivity index (χ4n) is 11.4. The summed E-state index contributed by atoms with van der Waals surface area (Å²) in [7, 11) is 0. The van der Waals surface area contributed by atoms with E-state index < -0.39 is 0 Å². The fourth-order valence-corrected chi connectivity index (χ4v) is 19.3. The smallest absolute Gasteiger partial charge is 0.144 e. The molecule has 9 heteroatoms. The molecule has 0 spiro atoms. The predicted octanol–water partition coefficient (Wildman–Crippen LogP) is 25.7. The maximum Gasteiger partial charge on any atom is 0.144 e. The first-order valence-corrected chi connectivity index (χ1v) is 36.1. The van der Waals surface area contributed by atoms with Crippen LogP contribution in [0.1, 0.15) is 55.6 Å². The second-order valence-electron chi connectivity index (χ2n) is 22.6. The molecule has 5 aliphatic rings. The normalized spacial score (nSPS) is 12.8. The highest BCUT2D eigenvalue weighted by molar-refractivity contribution is 8.05. The highest BCUT2D eigenvalue weighted by Gasteiger charge is 2.22. The van der Waals surface area contributed by atoms with Crippen LogP contribution in [0, 0.1) is 41.5 Å². The van der Waals surface area contributed by atoms with E-state index in [4.69, 9.17) is 4.74 Å². The molecule has 0 aliphatic carbocycles. The van der Waals surface area contributed by atoms with Crippen molar-refractivity contribution in [2.24, 2.45) is 0 Å². The molecular weight excluding hydrogens is 1230 g/mol. The lowest BCUT2D eigenvalue weighted by Gasteiger charge is -2.21. The largest absolute Gasteiger partial charge is 0.455 e. The second-order valence-corrected chi connectivity index (χ2v) is 30.0. The molecular formula is C81H67NOS7. The Kier molecular flexibility index (Phi) is 19.4. The zero-order valence-corrected chi connectivity index (χ0v) is 56.9. The number of rotatable bonds is 0. The van der Waals surface area contributed by atoms with Crippen molar-refractivity contribution in [1.29, 1.82) is 0 Å². The molecule has 444 valence electrons. The van der Waals surface area contributed by atoms with E-state index >= 15 is 0 Å². The molecule has 2 nitrogen and oxygen atoms in total. The first kappa shape index (κ1) is 61.4. The Labute approximate surface area is 560 Å². The van der Waals surface area contributed by atoms with Crippen molar-refractivity contribution in [3.63, 3.8) is 0 Å². The van der Waals surface area contributed by atoms with Crippen molar-refractivity contribution in [1.82, 2.24) is 0 Å². The molecule has 0 fully saturated rings. The van der Waals surface area contributed by atoms with Crippen LogP contribution in [0.15, 0.2) is 314 Å². The van der Waals surface area contributed by atoms with Crippen LogP contribution in [0.4, 0.5) is 11.4 Å². The average Bonchev–Trinajstić information content (AvgIpc) is 1.89. The van der Waals surface area contributed by atoms with Crippen LogP contribution >= 0.6 is 81.9 Å². The maximum absolute atomic E-state index is 5.89. The molecule has 90 heavy (non-hydrogen) atoms. The molecule has 13 aromatic rings. The zero-order valence-electron chi connectivity index (χ0n) is 51.1. The minimum Gasteiger partial charge on any atom is -0.455 e. The molecule has 1 N–H and O–H groups in total. The molecule has 0 unspecified atom stereocenters. The predicted molar refractivity (Wildman–Crippen MR) is 390 cm³/mol. The summed E-state index contributed by atoms with van der Waals surface area (Å²) < 4.78 is 8.70. The van der Waals surface area contributed by atoms with Gasteiger partial charge >= 0.3 is 0 Å². The SMILES string of the molecule is Cc1cccc2c1Oc1ccccc1S2.Cc1cccc2c1Sc1ccccc1C2.Cc1cccc2c1Sc1ccccc1CC2.Cc1cccc2c1Sc1ccccc1N2.Cc1cccc2c1Sc1ccccc1S2.Cc1cccc2c1sc1ccccc12. The van der Waals surface area contributed by atoms with E-state index in [1.807, 2.05) is 88.3 Å². The standard InChI is InChI=1S/C15H14S.C14H12S.C13H11NS.C13H10OS.C13H10S2.C13H10S/c1-11-5-4-7-13-10-9-12-6-2-3-8-14(12)16-15(11)13;1-10-5-4-7-12-9-11-6-2-3-8-13(11)15-14(10)12;1-9-5-4-7-11-13(9)15-12-8-3-2-6-10(12)14-11;1-9-5-4-8-12-13(9)14-10-6-2-3-7-11(10)15-12;1-9-5-4-8-12-13(9)15-11-7-3-2-6-10(11)14-12;1-9-5-4-7-11-10-6-2-3-8-12(10)14-13(9)11/h2-8H,9-10H2,1H3;2-8H,9H2,1H3;2-8,14H,1H3;2*2-8H,1H3;2-8H,1H3. The van der Waals surface area contributed by atoms with E-state index in [1.54, 1.807) is 11.8 Å². The van der Waals surface area contributed by atoms with Crippen LogP contribution in [-0.4, -0.2) is 0 Å². The van der Waals surface area contributed by atoms with Crippen molar-refractivity contribution in [3.05, 3.63) is 310 Å². The number of nitrogens with one attached hydrogen (secondary N) is 1. The van der Waals surface area contributed by atoms with Gasteiger partial charge in [-0.3, -0.25) is 0 Å². The summed E-state index contributed by atoms with van der Waals surface area (Å²) in [5.74, 6) is 1.96. The number of ether oxygens (including phenoxy) is 1. The Hall–Kier alpha value is -7.44. The van der Waals surface area contributed by atoms with Crippen molar-refractivity contribution in [2.45, 2.75) is 120 Å². The van der Waals surface area contributed by atoms with Crippen molar-refractivity contribution in [2.75, 3.05) is 5.32 Å². The molecule has 5 aliphatic heterocycles. The number of benzene rings is 12. The van der Waals surface area contributed by atoms with Gasteiger partial charge in [0.05, 0.1) is 21.2 Å². The number of thiophene rings is 1. The monoisotopic (exact) mass is 1290 g/mol. The van der Waals surface area contributed by atoms with Crippen LogP contribution in [0.2, 0.25) is 0 Å². The summed E-state index contributed by atoms with van der Waals surface area (Å²) in [6, 6.07) is 90.1. The number of fused-ring (bicyclic) bond motifs is 13. The van der Waals surface area contributed by atoms with Crippen LogP contribution in [0.3, 0.4) is 0 Å². The van der Waals surface area contributed by atoms with Gasteiger partial charge in [0, 0.05) is 69.1 Å². The topological polar surface area (TPSA) is 21.3 Å². The summed E-state index contributed by atoms with van der Waals surface area (Å²) in [6.07, 6.45) is 3.42. The third kappa shape index (κ3) is 13.9. The molecule has 18 rings (SSSR count). The Morgan fingerprint density at radius 3 is 1.50 bits per heavy atom. The number of hydrogen-bond donors (Lipinski definition) is 1. The zero-order chi connectivity index (χ0) is 61.5. The minimum atomic E-state index is 0.962. The van der Waals surface area contributed by atoms with E-state index in [0.29, 0.717) is 0 Å². The van der Waals surface area contributed by atoms with Gasteiger partial charge in [-0.05, 0) is 189 Å². The van der Waals surface area contributed by atoms with E-state index in [-0.39, 0.29) is 0 Å². The summed E-state index contributed by atoms with van der Waals surface area (Å²) in [5.41, 5.74) is 16.4. The highest BCUT2D eigenvalue weighted by atomic mass is 32.2. The molecule has 0 amide bonds. The lowest BCUT2D eigenvalue weighted by Crippen LogP contribution is -2.00. The minimum absolute atomic E-state index is 0.962. The second kappa shape index (κ2) is 28.4. The molecule has 0 atom stereocenters. The fraction of sp³-hybridized carbons (Fsp3) is 0.111. The van der Waals surface area contributed by atoms with Crippen LogP contribution in [0.25, 0.3) is 20.2 Å². The Bertz CT molecular complexity index is 4370. The Morgan fingerprint density at radius 1 is 0.289 bits per heavy atom. The van der Waals surface area contributed by atoms with Crippen LogP contribution in [0.5, 0.6) is 11.5 Å². The molecule has 0 saturated heterocycles. The van der Waals surface area contributed by atoms with Gasteiger partial charge in [0.15, 0.2) is 0 Å². The lowest BCUT2D eigenvalue weighted by molar-refractivity contribution is 0.451. The third-order valence-electron chi connectivity index (χ3n) is 16.1. The first-order valence-electron chi connectivity index (χ1n) is 30.4. The molecule has 0 radical (unpaired) electrons. The van der Waals surface area contributed by atoms with Crippen molar-refractivity contribution in [3.8, 4) is 11.5 Å². The summed E-state index contributed by atoms with van der Waals surface area (Å²) >= 11 is 13.1. The Balaban J connectivity index is 0.0000000991. The highest BCUT2D eigenvalue weighted by Crippen LogP contribution is 2.51. The van der Waals surface area contributed by atoms with Crippen LogP contribution < -0.4 is 10.1 Å². The van der Waals surface area contributed by atoms with E-state index in [9.17, 15) is 0 Å². The molecule has 1 aromatic heterocycles. The molecule has 6 heterocycles. The third-order valence-corrected chi connectivity index (χ3v) is 25.4. The van der Waals surface area contributed by atoms with Crippen LogP contribution in [-0.2, 0) is 19.3 Å². The summed E-state index contributed by atoms with van der Waals surface area (Å²) in [6.45, 7) is 13.0. The van der Waals surface area contributed by atoms with Gasteiger partial charge in [-0.2, -0.15) is 0 Å². The number of anilines is 2. The van der Waals surface area contributed by atoms with E-state index in [0.717, 1.165) is 17.9 Å². The Morgan fingerprint density at radius 2 is 0.733 bits per heavy atom. The van der Waals surface area contributed by atoms with Gasteiger partial charge < -0.3 is 10.1 Å². The molecule has 0 bridgehead atoms. The number of para-hydroxylation sites is 3. The number of aryl methyl sites for hydroxylation is 8. The average molecular weight is 1290 g/mol. The summed E-state index contributed by atoms with van der Waals surface area (Å²) in [4.78, 5) is 16.4. The van der Waals surface area contributed by atoms with Gasteiger partial charge in [-0.1, -0.05) is 253 Å². The van der Waals surface area contributed by atoms with Gasteiger partial charge in [-0.25, -0.2) is 0 Å². The van der Waals surface area contributed by atoms with Gasteiger partial charge in [-0.15, -0.1) is 11.3 Å². The molecule has 0 saturated carbocycles. The van der Waals surface area contributed by atoms with Gasteiger partial charge in [0.25, 0.3) is 0 Å². The summed E-state index contributed by atoms with van der Waals surface area (Å²) in [5, 5.41) is 6.24. The molecule has 12 aromatic carbocycles. The first-order chi connectivity index (χ1) is 44.1. The van der Waals surface area contributed by atoms with Gasteiger partial charge in [0.1, 0.15) is 11.5 Å². The lowest BCUT2D eigenvalue weighted by atomic mass is 10.0.